The van der Waals surface area contributed by atoms with Crippen LogP contribution in [0.3, 0.4) is 0 Å². The number of thiazole rings is 1. The van der Waals surface area contributed by atoms with Crippen LogP contribution < -0.4 is 4.90 Å². The second kappa shape index (κ2) is 7.34. The summed E-state index contributed by atoms with van der Waals surface area (Å²) in [5, 5.41) is 14.2. The second-order valence-corrected chi connectivity index (χ2v) is 8.61. The number of nitro groups is 1. The maximum Gasteiger partial charge on any atom is 0.282 e. The summed E-state index contributed by atoms with van der Waals surface area (Å²) in [6.07, 6.45) is 0.644. The molecule has 3 heterocycles. The normalized spacial score (nSPS) is 14.7. The first-order valence-corrected chi connectivity index (χ1v) is 10.7. The van der Waals surface area contributed by atoms with Crippen LogP contribution in [0, 0.1) is 17.0 Å². The zero-order valence-corrected chi connectivity index (χ0v) is 17.7. The maximum atomic E-state index is 13.0. The van der Waals surface area contributed by atoms with Gasteiger partial charge in [-0.25, -0.2) is 4.98 Å². The third-order valence-electron chi connectivity index (χ3n) is 5.66. The highest BCUT2D eigenvalue weighted by molar-refractivity contribution is 7.09. The fourth-order valence-electron chi connectivity index (χ4n) is 4.15. The third kappa shape index (κ3) is 3.07. The Balaban J connectivity index is 1.38. The molecule has 0 aliphatic carbocycles. The van der Waals surface area contributed by atoms with E-state index in [1.807, 2.05) is 30.5 Å². The van der Waals surface area contributed by atoms with Crippen LogP contribution >= 0.6 is 11.3 Å². The molecule has 0 atom stereocenters. The van der Waals surface area contributed by atoms with Gasteiger partial charge in [-0.3, -0.25) is 29.4 Å². The van der Waals surface area contributed by atoms with Crippen molar-refractivity contribution < 1.29 is 19.3 Å². The molecule has 3 aromatic rings. The molecule has 0 saturated heterocycles. The van der Waals surface area contributed by atoms with Gasteiger partial charge in [0, 0.05) is 29.2 Å². The summed E-state index contributed by atoms with van der Waals surface area (Å²) in [5.74, 6) is -1.94. The number of fused-ring (bicyclic) bond motifs is 2. The van der Waals surface area contributed by atoms with Crippen molar-refractivity contribution in [1.82, 2.24) is 9.88 Å². The molecule has 9 nitrogen and oxygen atoms in total. The van der Waals surface area contributed by atoms with Crippen molar-refractivity contribution >= 4 is 40.4 Å². The van der Waals surface area contributed by atoms with Gasteiger partial charge >= 0.3 is 0 Å². The molecule has 0 radical (unpaired) electrons. The predicted octanol–water partition coefficient (Wildman–Crippen LogP) is 3.21. The lowest BCUT2D eigenvalue weighted by Gasteiger charge is -2.21. The van der Waals surface area contributed by atoms with Crippen LogP contribution in [0.4, 0.5) is 11.4 Å². The Kier molecular flexibility index (Phi) is 4.59. The molecule has 10 heteroatoms. The molecule has 0 N–H and O–H groups in total. The minimum Gasteiger partial charge on any atom is -0.310 e. The van der Waals surface area contributed by atoms with Crippen molar-refractivity contribution in [3.05, 3.63) is 73.6 Å². The summed E-state index contributed by atoms with van der Waals surface area (Å²) in [5.41, 5.74) is 2.81. The summed E-state index contributed by atoms with van der Waals surface area (Å²) in [4.78, 5) is 55.8. The number of benzene rings is 2. The molecule has 160 valence electrons. The Morgan fingerprint density at radius 1 is 1.22 bits per heavy atom. The molecule has 32 heavy (non-hydrogen) atoms. The molecular weight excluding hydrogens is 432 g/mol. The van der Waals surface area contributed by atoms with Gasteiger partial charge in [0.25, 0.3) is 17.5 Å². The molecule has 1 aromatic heterocycles. The van der Waals surface area contributed by atoms with E-state index < -0.39 is 34.9 Å². The maximum absolute atomic E-state index is 13.0. The molecule has 0 bridgehead atoms. The molecular formula is C22H16N4O5S. The summed E-state index contributed by atoms with van der Waals surface area (Å²) >= 11 is 1.57. The quantitative estimate of drug-likeness (QED) is 0.344. The molecule has 0 saturated carbocycles. The standard InChI is InChI=1S/C22H16N4O5S/c1-12-23-16(11-32-12)13-5-6-17-14(9-13)7-8-24(17)19(27)10-25-21(28)15-3-2-4-18(26(30)31)20(15)22(25)29/h2-6,9,11H,7-8,10H2,1H3. The van der Waals surface area contributed by atoms with Gasteiger partial charge in [0.2, 0.25) is 5.91 Å². The molecule has 0 unspecified atom stereocenters. The number of hydrogen-bond donors (Lipinski definition) is 0. The molecule has 0 fully saturated rings. The van der Waals surface area contributed by atoms with Gasteiger partial charge in [0.05, 0.1) is 21.2 Å². The van der Waals surface area contributed by atoms with Gasteiger partial charge in [0.1, 0.15) is 12.1 Å². The molecule has 3 amide bonds. The SMILES string of the molecule is Cc1nc(-c2ccc3c(c2)CCN3C(=O)CN2C(=O)c3cccc([N+](=O)[O-])c3C2=O)cs1. The largest absolute Gasteiger partial charge is 0.310 e. The monoisotopic (exact) mass is 448 g/mol. The number of carbonyl (C=O) groups excluding carboxylic acids is 3. The number of imide groups is 1. The van der Waals surface area contributed by atoms with Crippen molar-refractivity contribution in [1.29, 1.82) is 0 Å². The first kappa shape index (κ1) is 20.0. The number of hydrogen-bond acceptors (Lipinski definition) is 7. The number of nitrogens with zero attached hydrogens (tertiary/aromatic N) is 4. The molecule has 2 aromatic carbocycles. The first-order chi connectivity index (χ1) is 15.3. The van der Waals surface area contributed by atoms with Crippen molar-refractivity contribution in [2.24, 2.45) is 0 Å². The number of amides is 3. The van der Waals surface area contributed by atoms with Crippen LogP contribution in [-0.4, -0.2) is 45.6 Å². The average Bonchev–Trinajstić information content (AvgIpc) is 3.46. The van der Waals surface area contributed by atoms with Crippen LogP contribution in [0.15, 0.2) is 41.8 Å². The summed E-state index contributed by atoms with van der Waals surface area (Å²) in [6.45, 7) is 1.89. The van der Waals surface area contributed by atoms with E-state index in [9.17, 15) is 24.5 Å². The number of carbonyl (C=O) groups is 3. The van der Waals surface area contributed by atoms with E-state index >= 15 is 0 Å². The van der Waals surface area contributed by atoms with Crippen molar-refractivity contribution in [3.63, 3.8) is 0 Å². The van der Waals surface area contributed by atoms with Gasteiger partial charge in [-0.15, -0.1) is 11.3 Å². The number of rotatable bonds is 4. The highest BCUT2D eigenvalue weighted by Gasteiger charge is 2.42. The van der Waals surface area contributed by atoms with Crippen LogP contribution in [0.2, 0.25) is 0 Å². The Hall–Kier alpha value is -3.92. The minimum atomic E-state index is -0.820. The summed E-state index contributed by atoms with van der Waals surface area (Å²) < 4.78 is 0. The van der Waals surface area contributed by atoms with Crippen LogP contribution in [0.5, 0.6) is 0 Å². The molecule has 0 spiro atoms. The Labute approximate surface area is 186 Å². The number of nitro benzene ring substituents is 1. The molecule has 5 rings (SSSR count). The van der Waals surface area contributed by atoms with Crippen molar-refractivity contribution in [2.45, 2.75) is 13.3 Å². The Morgan fingerprint density at radius 3 is 2.75 bits per heavy atom. The van der Waals surface area contributed by atoms with E-state index in [-0.39, 0.29) is 11.1 Å². The fourth-order valence-corrected chi connectivity index (χ4v) is 4.77. The van der Waals surface area contributed by atoms with E-state index in [2.05, 4.69) is 4.98 Å². The zero-order valence-electron chi connectivity index (χ0n) is 16.9. The third-order valence-corrected chi connectivity index (χ3v) is 6.43. The van der Waals surface area contributed by atoms with E-state index in [0.717, 1.165) is 32.4 Å². The number of anilines is 1. The zero-order chi connectivity index (χ0) is 22.6. The van der Waals surface area contributed by atoms with E-state index in [1.165, 1.54) is 18.2 Å². The van der Waals surface area contributed by atoms with Gasteiger partial charge in [-0.05, 0) is 37.1 Å². The lowest BCUT2D eigenvalue weighted by molar-refractivity contribution is -0.385. The van der Waals surface area contributed by atoms with E-state index in [0.29, 0.717) is 13.0 Å². The van der Waals surface area contributed by atoms with Gasteiger partial charge in [-0.2, -0.15) is 0 Å². The molecule has 2 aliphatic rings. The minimum absolute atomic E-state index is 0.0537. The van der Waals surface area contributed by atoms with Gasteiger partial charge in [-0.1, -0.05) is 12.1 Å². The highest BCUT2D eigenvalue weighted by Crippen LogP contribution is 2.34. The first-order valence-electron chi connectivity index (χ1n) is 9.84. The lowest BCUT2D eigenvalue weighted by atomic mass is 10.1. The molecule has 2 aliphatic heterocycles. The Morgan fingerprint density at radius 2 is 2.03 bits per heavy atom. The number of aryl methyl sites for hydroxylation is 1. The second-order valence-electron chi connectivity index (χ2n) is 7.54. The van der Waals surface area contributed by atoms with Gasteiger partial charge in [0.15, 0.2) is 0 Å². The summed E-state index contributed by atoms with van der Waals surface area (Å²) in [6, 6.07) is 9.63. The highest BCUT2D eigenvalue weighted by atomic mass is 32.1. The fraction of sp³-hybridized carbons (Fsp3) is 0.182. The van der Waals surface area contributed by atoms with Crippen molar-refractivity contribution in [2.75, 3.05) is 18.0 Å². The number of aromatic nitrogens is 1. The predicted molar refractivity (Wildman–Crippen MR) is 117 cm³/mol. The smallest absolute Gasteiger partial charge is 0.282 e. The topological polar surface area (TPSA) is 114 Å². The average molecular weight is 448 g/mol. The van der Waals surface area contributed by atoms with Gasteiger partial charge < -0.3 is 4.90 Å². The van der Waals surface area contributed by atoms with Crippen LogP contribution in [-0.2, 0) is 11.2 Å². The summed E-state index contributed by atoms with van der Waals surface area (Å²) in [7, 11) is 0. The van der Waals surface area contributed by atoms with Crippen LogP contribution in [0.1, 0.15) is 31.3 Å². The van der Waals surface area contributed by atoms with E-state index in [1.54, 1.807) is 16.2 Å². The van der Waals surface area contributed by atoms with Crippen LogP contribution in [0.25, 0.3) is 11.3 Å². The Bertz CT molecular complexity index is 1330. The lowest BCUT2D eigenvalue weighted by Crippen LogP contribution is -2.42. The van der Waals surface area contributed by atoms with E-state index in [4.69, 9.17) is 0 Å². The van der Waals surface area contributed by atoms with Crippen molar-refractivity contribution in [3.8, 4) is 11.3 Å².